The molecule has 2 N–H and O–H groups in total. The minimum Gasteiger partial charge on any atom is -0.481 e. The van der Waals surface area contributed by atoms with Gasteiger partial charge in [-0.2, -0.15) is 0 Å². The highest BCUT2D eigenvalue weighted by Crippen LogP contribution is 2.22. The molecule has 2 rings (SSSR count). The number of carboxylic acid groups (broad SMARTS) is 1. The minimum absolute atomic E-state index is 0.0299. The molecule has 5 heteroatoms. The molecule has 0 spiro atoms. The standard InChI is InChI=1S/C13H14N2O2S/c1-9(10-5-3-2-4-6-10)14-13-15-11(8-18-13)7-12(16)17/h2-6,8-9H,7H2,1H3,(H,14,15)(H,16,17). The van der Waals surface area contributed by atoms with E-state index in [0.717, 1.165) is 5.13 Å². The average molecular weight is 262 g/mol. The maximum atomic E-state index is 10.6. The number of nitrogens with zero attached hydrogens (tertiary/aromatic N) is 1. The Morgan fingerprint density at radius 3 is 2.83 bits per heavy atom. The summed E-state index contributed by atoms with van der Waals surface area (Å²) < 4.78 is 0. The number of rotatable bonds is 5. The van der Waals surface area contributed by atoms with Gasteiger partial charge in [0.25, 0.3) is 0 Å². The van der Waals surface area contributed by atoms with Gasteiger partial charge in [-0.1, -0.05) is 30.3 Å². The maximum absolute atomic E-state index is 10.6. The Kier molecular flexibility index (Phi) is 3.94. The zero-order chi connectivity index (χ0) is 13.0. The number of anilines is 1. The fraction of sp³-hybridized carbons (Fsp3) is 0.231. The van der Waals surface area contributed by atoms with Crippen LogP contribution in [0.2, 0.25) is 0 Å². The molecule has 0 aliphatic rings. The Labute approximate surface area is 109 Å². The van der Waals surface area contributed by atoms with Crippen LogP contribution in [0.15, 0.2) is 35.7 Å². The molecule has 0 fully saturated rings. The van der Waals surface area contributed by atoms with E-state index in [1.54, 1.807) is 5.38 Å². The van der Waals surface area contributed by atoms with E-state index in [4.69, 9.17) is 5.11 Å². The topological polar surface area (TPSA) is 62.2 Å². The lowest BCUT2D eigenvalue weighted by Gasteiger charge is -2.12. The molecule has 0 saturated heterocycles. The molecular formula is C13H14N2O2S. The van der Waals surface area contributed by atoms with Crippen molar-refractivity contribution in [1.29, 1.82) is 0 Å². The highest BCUT2D eigenvalue weighted by Gasteiger charge is 2.09. The number of aliphatic carboxylic acids is 1. The molecule has 1 atom stereocenters. The fourth-order valence-corrected chi connectivity index (χ4v) is 2.42. The number of carbonyl (C=O) groups is 1. The second kappa shape index (κ2) is 5.64. The van der Waals surface area contributed by atoms with Crippen molar-refractivity contribution in [3.8, 4) is 0 Å². The van der Waals surface area contributed by atoms with E-state index in [1.165, 1.54) is 16.9 Å². The lowest BCUT2D eigenvalue weighted by atomic mass is 10.1. The summed E-state index contributed by atoms with van der Waals surface area (Å²) in [5.41, 5.74) is 1.77. The predicted molar refractivity (Wildman–Crippen MR) is 71.9 cm³/mol. The van der Waals surface area contributed by atoms with Gasteiger partial charge in [-0.15, -0.1) is 11.3 Å². The zero-order valence-corrected chi connectivity index (χ0v) is 10.8. The number of aromatic nitrogens is 1. The first-order valence-corrected chi connectivity index (χ1v) is 6.51. The van der Waals surface area contributed by atoms with Crippen LogP contribution < -0.4 is 5.32 Å². The van der Waals surface area contributed by atoms with Gasteiger partial charge in [-0.3, -0.25) is 4.79 Å². The van der Waals surface area contributed by atoms with Crippen LogP contribution in [-0.2, 0) is 11.2 Å². The van der Waals surface area contributed by atoms with Gasteiger partial charge >= 0.3 is 5.97 Å². The number of nitrogens with one attached hydrogen (secondary N) is 1. The summed E-state index contributed by atoms with van der Waals surface area (Å²) in [6, 6.07) is 10.2. The van der Waals surface area contributed by atoms with Gasteiger partial charge in [0.05, 0.1) is 18.2 Å². The summed E-state index contributed by atoms with van der Waals surface area (Å²) >= 11 is 1.43. The molecule has 1 aromatic heterocycles. The van der Waals surface area contributed by atoms with Gasteiger partial charge in [0.2, 0.25) is 0 Å². The van der Waals surface area contributed by atoms with Gasteiger partial charge in [-0.25, -0.2) is 4.98 Å². The molecule has 1 aromatic carbocycles. The van der Waals surface area contributed by atoms with Crippen LogP contribution in [0.25, 0.3) is 0 Å². The Morgan fingerprint density at radius 1 is 1.44 bits per heavy atom. The van der Waals surface area contributed by atoms with Crippen LogP contribution in [0.3, 0.4) is 0 Å². The summed E-state index contributed by atoms with van der Waals surface area (Å²) in [5.74, 6) is -0.858. The number of carboxylic acids is 1. The smallest absolute Gasteiger partial charge is 0.309 e. The zero-order valence-electron chi connectivity index (χ0n) is 9.96. The summed E-state index contributed by atoms with van der Waals surface area (Å²) in [4.78, 5) is 14.8. The monoisotopic (exact) mass is 262 g/mol. The van der Waals surface area contributed by atoms with Crippen molar-refractivity contribution < 1.29 is 9.90 Å². The first kappa shape index (κ1) is 12.6. The highest BCUT2D eigenvalue weighted by atomic mass is 32.1. The third-order valence-electron chi connectivity index (χ3n) is 2.52. The second-order valence-electron chi connectivity index (χ2n) is 3.99. The van der Waals surface area contributed by atoms with Gasteiger partial charge < -0.3 is 10.4 Å². The van der Waals surface area contributed by atoms with E-state index in [0.29, 0.717) is 5.69 Å². The number of thiazole rings is 1. The van der Waals surface area contributed by atoms with Crippen LogP contribution >= 0.6 is 11.3 Å². The van der Waals surface area contributed by atoms with Crippen LogP contribution in [0, 0.1) is 0 Å². The van der Waals surface area contributed by atoms with Crippen molar-refractivity contribution in [3.63, 3.8) is 0 Å². The first-order valence-electron chi connectivity index (χ1n) is 5.63. The molecule has 94 valence electrons. The Morgan fingerprint density at radius 2 is 2.17 bits per heavy atom. The molecule has 4 nitrogen and oxygen atoms in total. The molecule has 1 heterocycles. The predicted octanol–water partition coefficient (Wildman–Crippen LogP) is 2.94. The molecule has 0 saturated carbocycles. The molecule has 0 radical (unpaired) electrons. The molecule has 0 amide bonds. The van der Waals surface area contributed by atoms with Crippen LogP contribution in [0.1, 0.15) is 24.2 Å². The lowest BCUT2D eigenvalue weighted by Crippen LogP contribution is -2.06. The van der Waals surface area contributed by atoms with Crippen molar-refractivity contribution in [3.05, 3.63) is 47.0 Å². The Bertz CT molecular complexity index is 525. The molecule has 0 bridgehead atoms. The quantitative estimate of drug-likeness (QED) is 0.869. The molecule has 18 heavy (non-hydrogen) atoms. The second-order valence-corrected chi connectivity index (χ2v) is 4.85. The molecule has 0 aliphatic carbocycles. The molecule has 2 aromatic rings. The lowest BCUT2D eigenvalue weighted by molar-refractivity contribution is -0.136. The molecule has 0 aliphatic heterocycles. The normalized spacial score (nSPS) is 12.1. The summed E-state index contributed by atoms with van der Waals surface area (Å²) in [5, 5.41) is 14.5. The fourth-order valence-electron chi connectivity index (χ4n) is 1.62. The van der Waals surface area contributed by atoms with Gasteiger partial charge in [0, 0.05) is 5.38 Å². The van der Waals surface area contributed by atoms with Gasteiger partial charge in [0.1, 0.15) is 0 Å². The van der Waals surface area contributed by atoms with Crippen LogP contribution in [0.4, 0.5) is 5.13 Å². The summed E-state index contributed by atoms with van der Waals surface area (Å²) in [6.07, 6.45) is -0.0299. The van der Waals surface area contributed by atoms with E-state index in [1.807, 2.05) is 37.3 Å². The van der Waals surface area contributed by atoms with E-state index in [2.05, 4.69) is 10.3 Å². The minimum atomic E-state index is -0.858. The third kappa shape index (κ3) is 3.30. The van der Waals surface area contributed by atoms with Crippen molar-refractivity contribution in [2.24, 2.45) is 0 Å². The third-order valence-corrected chi connectivity index (χ3v) is 3.35. The van der Waals surface area contributed by atoms with Crippen molar-refractivity contribution in [2.45, 2.75) is 19.4 Å². The van der Waals surface area contributed by atoms with Crippen molar-refractivity contribution in [1.82, 2.24) is 4.98 Å². The number of benzene rings is 1. The van der Waals surface area contributed by atoms with Crippen LogP contribution in [0.5, 0.6) is 0 Å². The molecular weight excluding hydrogens is 248 g/mol. The number of hydrogen-bond acceptors (Lipinski definition) is 4. The Balaban J connectivity index is 2.01. The van der Waals surface area contributed by atoms with E-state index >= 15 is 0 Å². The van der Waals surface area contributed by atoms with Gasteiger partial charge in [0.15, 0.2) is 5.13 Å². The molecule has 1 unspecified atom stereocenters. The SMILES string of the molecule is CC(Nc1nc(CC(=O)O)cs1)c1ccccc1. The van der Waals surface area contributed by atoms with E-state index < -0.39 is 5.97 Å². The summed E-state index contributed by atoms with van der Waals surface area (Å²) in [7, 11) is 0. The summed E-state index contributed by atoms with van der Waals surface area (Å²) in [6.45, 7) is 2.05. The average Bonchev–Trinajstić information content (AvgIpc) is 2.76. The largest absolute Gasteiger partial charge is 0.481 e. The van der Waals surface area contributed by atoms with Crippen molar-refractivity contribution in [2.75, 3.05) is 5.32 Å². The van der Waals surface area contributed by atoms with Gasteiger partial charge in [-0.05, 0) is 12.5 Å². The first-order chi connectivity index (χ1) is 8.65. The van der Waals surface area contributed by atoms with E-state index in [9.17, 15) is 4.79 Å². The highest BCUT2D eigenvalue weighted by molar-refractivity contribution is 7.13. The van der Waals surface area contributed by atoms with Crippen molar-refractivity contribution >= 4 is 22.4 Å². The maximum Gasteiger partial charge on any atom is 0.309 e. The Hall–Kier alpha value is -1.88. The number of hydrogen-bond donors (Lipinski definition) is 2. The van der Waals surface area contributed by atoms with E-state index in [-0.39, 0.29) is 12.5 Å². The van der Waals surface area contributed by atoms with Crippen LogP contribution in [-0.4, -0.2) is 16.1 Å².